The number of rotatable bonds is 2. The molecule has 0 saturated heterocycles. The van der Waals surface area contributed by atoms with Crippen molar-refractivity contribution in [3.63, 3.8) is 0 Å². The van der Waals surface area contributed by atoms with Gasteiger partial charge < -0.3 is 10.7 Å². The van der Waals surface area contributed by atoms with Gasteiger partial charge in [-0.1, -0.05) is 0 Å². The van der Waals surface area contributed by atoms with Crippen LogP contribution in [0.25, 0.3) is 0 Å². The second-order valence-corrected chi connectivity index (χ2v) is 3.36. The normalized spacial score (nSPS) is 20.2. The van der Waals surface area contributed by atoms with E-state index in [1.807, 2.05) is 0 Å². The average molecular weight is 151 g/mol. The highest BCUT2D eigenvalue weighted by atomic mass is 14.9. The molecule has 0 radical (unpaired) electrons. The van der Waals surface area contributed by atoms with E-state index in [-0.39, 0.29) is 5.41 Å². The molecule has 0 aromatic carbocycles. The highest BCUT2D eigenvalue weighted by molar-refractivity contribution is 5.28. The summed E-state index contributed by atoms with van der Waals surface area (Å²) >= 11 is 0. The van der Waals surface area contributed by atoms with Crippen molar-refractivity contribution in [2.75, 3.05) is 6.54 Å². The summed E-state index contributed by atoms with van der Waals surface area (Å²) in [5.74, 6) is 0. The Morgan fingerprint density at radius 3 is 2.82 bits per heavy atom. The smallest absolute Gasteiger partial charge is 0.0925 e. The largest absolute Gasteiger partial charge is 0.348 e. The number of nitrogens with zero attached hydrogens (tertiary/aromatic N) is 1. The molecule has 1 saturated carbocycles. The van der Waals surface area contributed by atoms with Crippen LogP contribution in [-0.4, -0.2) is 16.5 Å². The van der Waals surface area contributed by atoms with Gasteiger partial charge in [-0.15, -0.1) is 0 Å². The molecule has 3 N–H and O–H groups in total. The molecule has 1 fully saturated rings. The number of hydrogen-bond acceptors (Lipinski definition) is 2. The first-order valence-electron chi connectivity index (χ1n) is 3.99. The second-order valence-electron chi connectivity index (χ2n) is 3.36. The monoisotopic (exact) mass is 151 g/mol. The van der Waals surface area contributed by atoms with Crippen LogP contribution in [0.15, 0.2) is 6.33 Å². The second kappa shape index (κ2) is 2.08. The van der Waals surface area contributed by atoms with E-state index < -0.39 is 0 Å². The van der Waals surface area contributed by atoms with E-state index in [1.165, 1.54) is 24.2 Å². The summed E-state index contributed by atoms with van der Waals surface area (Å²) in [6.45, 7) is 2.79. The lowest BCUT2D eigenvalue weighted by Crippen LogP contribution is -2.20. The van der Waals surface area contributed by atoms with E-state index in [0.717, 1.165) is 6.54 Å². The van der Waals surface area contributed by atoms with Gasteiger partial charge >= 0.3 is 0 Å². The fourth-order valence-electron chi connectivity index (χ4n) is 1.58. The van der Waals surface area contributed by atoms with Crippen molar-refractivity contribution in [2.45, 2.75) is 25.2 Å². The van der Waals surface area contributed by atoms with Gasteiger partial charge in [0.2, 0.25) is 0 Å². The zero-order chi connectivity index (χ0) is 7.90. The molecule has 2 rings (SSSR count). The first kappa shape index (κ1) is 6.85. The van der Waals surface area contributed by atoms with Crippen molar-refractivity contribution < 1.29 is 0 Å². The van der Waals surface area contributed by atoms with Gasteiger partial charge in [0.15, 0.2) is 0 Å². The Morgan fingerprint density at radius 2 is 2.45 bits per heavy atom. The van der Waals surface area contributed by atoms with Crippen LogP contribution in [0, 0.1) is 6.92 Å². The number of H-pyrrole nitrogens is 1. The SMILES string of the molecule is Cc1[nH]cnc1C1(CN)CC1. The van der Waals surface area contributed by atoms with Crippen molar-refractivity contribution in [2.24, 2.45) is 5.73 Å². The van der Waals surface area contributed by atoms with Crippen molar-refractivity contribution in [1.29, 1.82) is 0 Å². The Balaban J connectivity index is 2.35. The molecule has 0 unspecified atom stereocenters. The van der Waals surface area contributed by atoms with Crippen LogP contribution in [0.4, 0.5) is 0 Å². The molecule has 0 atom stereocenters. The quantitative estimate of drug-likeness (QED) is 0.654. The highest BCUT2D eigenvalue weighted by Gasteiger charge is 2.45. The Bertz CT molecular complexity index is 260. The van der Waals surface area contributed by atoms with Gasteiger partial charge in [0.25, 0.3) is 0 Å². The van der Waals surface area contributed by atoms with Gasteiger partial charge in [-0.25, -0.2) is 4.98 Å². The Kier molecular flexibility index (Phi) is 1.29. The first-order chi connectivity index (χ1) is 5.28. The molecule has 1 heterocycles. The molecule has 1 aliphatic carbocycles. The maximum Gasteiger partial charge on any atom is 0.0925 e. The Morgan fingerprint density at radius 1 is 1.73 bits per heavy atom. The van der Waals surface area contributed by atoms with E-state index in [1.54, 1.807) is 6.33 Å². The topological polar surface area (TPSA) is 54.7 Å². The summed E-state index contributed by atoms with van der Waals surface area (Å²) in [5, 5.41) is 0. The number of nitrogens with two attached hydrogens (primary N) is 1. The maximum atomic E-state index is 5.68. The third kappa shape index (κ3) is 0.878. The summed E-state index contributed by atoms with van der Waals surface area (Å²) < 4.78 is 0. The molecule has 0 aliphatic heterocycles. The fourth-order valence-corrected chi connectivity index (χ4v) is 1.58. The molecule has 3 heteroatoms. The number of imidazole rings is 1. The van der Waals surface area contributed by atoms with Crippen LogP contribution < -0.4 is 5.73 Å². The van der Waals surface area contributed by atoms with Gasteiger partial charge in [0.1, 0.15) is 0 Å². The van der Waals surface area contributed by atoms with Gasteiger partial charge in [0.05, 0.1) is 12.0 Å². The minimum absolute atomic E-state index is 0.240. The van der Waals surface area contributed by atoms with E-state index in [9.17, 15) is 0 Å². The third-order valence-corrected chi connectivity index (χ3v) is 2.58. The summed E-state index contributed by atoms with van der Waals surface area (Å²) in [7, 11) is 0. The van der Waals surface area contributed by atoms with E-state index in [0.29, 0.717) is 0 Å². The van der Waals surface area contributed by atoms with Crippen LogP contribution in [0.1, 0.15) is 24.2 Å². The number of hydrogen-bond donors (Lipinski definition) is 2. The molecule has 3 nitrogen and oxygen atoms in total. The highest BCUT2D eigenvalue weighted by Crippen LogP contribution is 2.47. The lowest BCUT2D eigenvalue weighted by molar-refractivity contribution is 0.677. The molecule has 0 amide bonds. The summed E-state index contributed by atoms with van der Waals surface area (Å²) in [6.07, 6.45) is 4.16. The lowest BCUT2D eigenvalue weighted by atomic mass is 10.0. The van der Waals surface area contributed by atoms with E-state index in [4.69, 9.17) is 5.73 Å². The molecule has 11 heavy (non-hydrogen) atoms. The molecule has 60 valence electrons. The van der Waals surface area contributed by atoms with Gasteiger partial charge in [-0.05, 0) is 19.8 Å². The summed E-state index contributed by atoms with van der Waals surface area (Å²) in [6, 6.07) is 0. The molecule has 1 aliphatic rings. The van der Waals surface area contributed by atoms with Crippen molar-refractivity contribution in [1.82, 2.24) is 9.97 Å². The Hall–Kier alpha value is -0.830. The molecular formula is C8H13N3. The molecule has 0 bridgehead atoms. The van der Waals surface area contributed by atoms with Crippen LogP contribution in [-0.2, 0) is 5.41 Å². The minimum Gasteiger partial charge on any atom is -0.348 e. The lowest BCUT2D eigenvalue weighted by Gasteiger charge is -2.08. The molecule has 0 spiro atoms. The van der Waals surface area contributed by atoms with Gasteiger partial charge in [-0.2, -0.15) is 0 Å². The van der Waals surface area contributed by atoms with Gasteiger partial charge in [0, 0.05) is 17.7 Å². The van der Waals surface area contributed by atoms with E-state index >= 15 is 0 Å². The van der Waals surface area contributed by atoms with Crippen LogP contribution in [0.3, 0.4) is 0 Å². The zero-order valence-corrected chi connectivity index (χ0v) is 6.72. The summed E-state index contributed by atoms with van der Waals surface area (Å²) in [4.78, 5) is 7.37. The van der Waals surface area contributed by atoms with Crippen LogP contribution in [0.5, 0.6) is 0 Å². The number of aryl methyl sites for hydroxylation is 1. The first-order valence-corrected chi connectivity index (χ1v) is 3.99. The van der Waals surface area contributed by atoms with Crippen molar-refractivity contribution >= 4 is 0 Å². The number of nitrogens with one attached hydrogen (secondary N) is 1. The molecular weight excluding hydrogens is 138 g/mol. The zero-order valence-electron chi connectivity index (χ0n) is 6.72. The van der Waals surface area contributed by atoms with Crippen molar-refractivity contribution in [3.05, 3.63) is 17.7 Å². The Labute approximate surface area is 66.0 Å². The summed E-state index contributed by atoms with van der Waals surface area (Å²) in [5.41, 5.74) is 8.27. The van der Waals surface area contributed by atoms with E-state index in [2.05, 4.69) is 16.9 Å². The standard InChI is InChI=1S/C8H13N3/c1-6-7(11-5-10-6)8(4-9)2-3-8/h5H,2-4,9H2,1H3,(H,10,11). The fraction of sp³-hybridized carbons (Fsp3) is 0.625. The number of aromatic nitrogens is 2. The van der Waals surface area contributed by atoms with Crippen LogP contribution >= 0.6 is 0 Å². The van der Waals surface area contributed by atoms with Gasteiger partial charge in [-0.3, -0.25) is 0 Å². The van der Waals surface area contributed by atoms with Crippen molar-refractivity contribution in [3.8, 4) is 0 Å². The average Bonchev–Trinajstić information content (AvgIpc) is 2.70. The maximum absolute atomic E-state index is 5.68. The minimum atomic E-state index is 0.240. The predicted molar refractivity (Wildman–Crippen MR) is 43.3 cm³/mol. The van der Waals surface area contributed by atoms with Crippen LogP contribution in [0.2, 0.25) is 0 Å². The molecule has 1 aromatic heterocycles. The third-order valence-electron chi connectivity index (χ3n) is 2.58. The number of aromatic amines is 1. The predicted octanol–water partition coefficient (Wildman–Crippen LogP) is 0.708. The molecule has 1 aromatic rings.